The third-order valence-corrected chi connectivity index (χ3v) is 4.68. The summed E-state index contributed by atoms with van der Waals surface area (Å²) in [5.74, 6) is 0. The average Bonchev–Trinajstić information content (AvgIpc) is 2.82. The van der Waals surface area contributed by atoms with Crippen LogP contribution in [0.3, 0.4) is 0 Å². The number of hydrogen-bond acceptors (Lipinski definition) is 3. The maximum absolute atomic E-state index is 5.59. The maximum Gasteiger partial charge on any atom is 0.0987 e. The maximum atomic E-state index is 5.59. The van der Waals surface area contributed by atoms with Gasteiger partial charge in [0.25, 0.3) is 0 Å². The van der Waals surface area contributed by atoms with Crippen molar-refractivity contribution < 1.29 is 0 Å². The number of nitrogens with zero attached hydrogens (tertiary/aromatic N) is 1. The molecule has 1 aromatic carbocycles. The van der Waals surface area contributed by atoms with Crippen LogP contribution in [0.2, 0.25) is 0 Å². The molecule has 0 aliphatic rings. The molecule has 2 N–H and O–H groups in total. The minimum atomic E-state index is 0.0730. The molecule has 0 aliphatic carbocycles. The van der Waals surface area contributed by atoms with E-state index in [0.717, 1.165) is 18.5 Å². The highest BCUT2D eigenvalue weighted by atomic mass is 32.1. The Balaban J connectivity index is 2.19. The zero-order valence-corrected chi connectivity index (χ0v) is 12.8. The van der Waals surface area contributed by atoms with Crippen LogP contribution in [-0.2, 0) is 18.3 Å². The van der Waals surface area contributed by atoms with Gasteiger partial charge in [0.2, 0.25) is 0 Å². The van der Waals surface area contributed by atoms with Crippen LogP contribution >= 0.6 is 11.3 Å². The minimum absolute atomic E-state index is 0.0730. The second kappa shape index (κ2) is 5.85. The Hall–Kier alpha value is -1.19. The van der Waals surface area contributed by atoms with Crippen molar-refractivity contribution in [2.24, 2.45) is 5.73 Å². The second-order valence-corrected chi connectivity index (χ2v) is 6.53. The molecule has 1 heterocycles. The fourth-order valence-electron chi connectivity index (χ4n) is 2.24. The summed E-state index contributed by atoms with van der Waals surface area (Å²) in [6.07, 6.45) is 1.90. The fourth-order valence-corrected chi connectivity index (χ4v) is 3.22. The van der Waals surface area contributed by atoms with Crippen molar-refractivity contribution in [3.05, 3.63) is 51.5 Å². The normalized spacial score (nSPS) is 11.8. The highest BCUT2D eigenvalue weighted by Gasteiger charge is 2.25. The molecule has 0 saturated carbocycles. The molecular weight excluding hydrogens is 252 g/mol. The number of nitrogens with two attached hydrogens (primary N) is 1. The Kier molecular flexibility index (Phi) is 4.38. The predicted octanol–water partition coefficient (Wildman–Crippen LogP) is 3.47. The lowest BCUT2D eigenvalue weighted by Gasteiger charge is -2.23. The van der Waals surface area contributed by atoms with Gasteiger partial charge in [-0.2, -0.15) is 0 Å². The Labute approximate surface area is 119 Å². The van der Waals surface area contributed by atoms with Gasteiger partial charge in [-0.1, -0.05) is 38.1 Å². The zero-order valence-electron chi connectivity index (χ0n) is 11.9. The van der Waals surface area contributed by atoms with E-state index in [0.29, 0.717) is 6.54 Å². The molecule has 102 valence electrons. The number of rotatable bonds is 5. The average molecular weight is 274 g/mol. The van der Waals surface area contributed by atoms with Crippen LogP contribution in [0.25, 0.3) is 0 Å². The molecule has 2 nitrogen and oxygen atoms in total. The Morgan fingerprint density at radius 3 is 2.68 bits per heavy atom. The van der Waals surface area contributed by atoms with Crippen LogP contribution in [0.1, 0.15) is 35.7 Å². The van der Waals surface area contributed by atoms with Crippen molar-refractivity contribution in [3.63, 3.8) is 0 Å². The summed E-state index contributed by atoms with van der Waals surface area (Å²) in [5, 5.41) is 3.35. The van der Waals surface area contributed by atoms with Crippen LogP contribution in [0.15, 0.2) is 29.6 Å². The van der Waals surface area contributed by atoms with Crippen LogP contribution in [0.5, 0.6) is 0 Å². The van der Waals surface area contributed by atoms with Gasteiger partial charge in [0.15, 0.2) is 0 Å². The predicted molar refractivity (Wildman–Crippen MR) is 82.8 cm³/mol. The van der Waals surface area contributed by atoms with E-state index in [1.165, 1.54) is 16.1 Å². The molecule has 2 rings (SSSR count). The van der Waals surface area contributed by atoms with Gasteiger partial charge in [-0.05, 0) is 31.0 Å². The summed E-state index contributed by atoms with van der Waals surface area (Å²) >= 11 is 1.75. The van der Waals surface area contributed by atoms with Gasteiger partial charge < -0.3 is 5.73 Å². The van der Waals surface area contributed by atoms with Crippen LogP contribution < -0.4 is 5.73 Å². The number of aryl methyl sites for hydroxylation is 1. The molecule has 0 bridgehead atoms. The van der Waals surface area contributed by atoms with Crippen molar-refractivity contribution in [1.29, 1.82) is 0 Å². The minimum Gasteiger partial charge on any atom is -0.330 e. The zero-order chi connectivity index (χ0) is 13.9. The fraction of sp³-hybridized carbons (Fsp3) is 0.438. The van der Waals surface area contributed by atoms with Crippen molar-refractivity contribution >= 4 is 11.3 Å². The van der Waals surface area contributed by atoms with E-state index in [-0.39, 0.29) is 5.41 Å². The monoisotopic (exact) mass is 274 g/mol. The van der Waals surface area contributed by atoms with E-state index in [4.69, 9.17) is 10.7 Å². The summed E-state index contributed by atoms with van der Waals surface area (Å²) in [6.45, 7) is 7.38. The largest absolute Gasteiger partial charge is 0.330 e. The van der Waals surface area contributed by atoms with Crippen molar-refractivity contribution in [2.45, 2.75) is 39.0 Å². The third-order valence-electron chi connectivity index (χ3n) is 3.42. The van der Waals surface area contributed by atoms with Crippen LogP contribution in [-0.4, -0.2) is 11.5 Å². The van der Waals surface area contributed by atoms with Crippen LogP contribution in [0.4, 0.5) is 0 Å². The summed E-state index contributed by atoms with van der Waals surface area (Å²) < 4.78 is 0. The third kappa shape index (κ3) is 3.43. The topological polar surface area (TPSA) is 38.9 Å². The molecule has 0 atom stereocenters. The number of aromatic nitrogens is 1. The molecular formula is C16H22N2S. The highest BCUT2D eigenvalue weighted by Crippen LogP contribution is 2.31. The summed E-state index contributed by atoms with van der Waals surface area (Å²) in [4.78, 5) is 4.74. The van der Waals surface area contributed by atoms with Gasteiger partial charge in [-0.3, -0.25) is 0 Å². The Morgan fingerprint density at radius 2 is 2.00 bits per heavy atom. The Bertz CT molecular complexity index is 543. The Morgan fingerprint density at radius 1 is 1.26 bits per heavy atom. The summed E-state index contributed by atoms with van der Waals surface area (Å²) in [5.41, 5.74) is 9.55. The molecule has 0 spiro atoms. The standard InChI is InChI=1S/C16H22N2S/c1-12-6-4-5-7-13(12)10-16(2,3)15-18-14(8-9-17)11-19-15/h4-7,11H,8-10,17H2,1-3H3. The summed E-state index contributed by atoms with van der Waals surface area (Å²) in [7, 11) is 0. The lowest BCUT2D eigenvalue weighted by Crippen LogP contribution is -2.21. The van der Waals surface area contributed by atoms with Crippen molar-refractivity contribution in [3.8, 4) is 0 Å². The van der Waals surface area contributed by atoms with Crippen molar-refractivity contribution in [1.82, 2.24) is 4.98 Å². The first-order valence-corrected chi connectivity index (χ1v) is 7.60. The van der Waals surface area contributed by atoms with Gasteiger partial charge in [-0.15, -0.1) is 11.3 Å². The van der Waals surface area contributed by atoms with E-state index in [1.807, 2.05) is 0 Å². The van der Waals surface area contributed by atoms with Gasteiger partial charge in [0.05, 0.1) is 10.7 Å². The van der Waals surface area contributed by atoms with Crippen LogP contribution in [0, 0.1) is 6.92 Å². The van der Waals surface area contributed by atoms with E-state index in [1.54, 1.807) is 11.3 Å². The van der Waals surface area contributed by atoms with Gasteiger partial charge >= 0.3 is 0 Å². The molecule has 1 aromatic heterocycles. The summed E-state index contributed by atoms with van der Waals surface area (Å²) in [6, 6.07) is 8.59. The van der Waals surface area contributed by atoms with Gasteiger partial charge in [-0.25, -0.2) is 4.98 Å². The molecule has 2 aromatic rings. The van der Waals surface area contributed by atoms with Crippen molar-refractivity contribution in [2.75, 3.05) is 6.54 Å². The molecule has 0 fully saturated rings. The van der Waals surface area contributed by atoms with E-state index >= 15 is 0 Å². The number of thiazole rings is 1. The SMILES string of the molecule is Cc1ccccc1CC(C)(C)c1nc(CCN)cs1. The molecule has 0 amide bonds. The molecule has 0 unspecified atom stereocenters. The molecule has 0 aliphatic heterocycles. The molecule has 0 radical (unpaired) electrons. The highest BCUT2D eigenvalue weighted by molar-refractivity contribution is 7.09. The molecule has 3 heteroatoms. The molecule has 0 saturated heterocycles. The lowest BCUT2D eigenvalue weighted by molar-refractivity contribution is 0.516. The molecule has 19 heavy (non-hydrogen) atoms. The first kappa shape index (κ1) is 14.2. The number of benzene rings is 1. The first-order valence-electron chi connectivity index (χ1n) is 6.72. The van der Waals surface area contributed by atoms with Gasteiger partial charge in [0.1, 0.15) is 0 Å². The van der Waals surface area contributed by atoms with Gasteiger partial charge in [0, 0.05) is 17.2 Å². The van der Waals surface area contributed by atoms with E-state index in [2.05, 4.69) is 50.4 Å². The first-order chi connectivity index (χ1) is 9.03. The second-order valence-electron chi connectivity index (χ2n) is 5.67. The smallest absolute Gasteiger partial charge is 0.0987 e. The quantitative estimate of drug-likeness (QED) is 0.906. The van der Waals surface area contributed by atoms with E-state index in [9.17, 15) is 0 Å². The van der Waals surface area contributed by atoms with E-state index < -0.39 is 0 Å². The lowest BCUT2D eigenvalue weighted by atomic mass is 9.85. The number of hydrogen-bond donors (Lipinski definition) is 1.